The van der Waals surface area contributed by atoms with Crippen LogP contribution in [0.25, 0.3) is 0 Å². The normalized spacial score (nSPS) is 20.0. The summed E-state index contributed by atoms with van der Waals surface area (Å²) in [5, 5.41) is 2.87. The Morgan fingerprint density at radius 1 is 1.10 bits per heavy atom. The van der Waals surface area contributed by atoms with E-state index >= 15 is 0 Å². The predicted molar refractivity (Wildman–Crippen MR) is 110 cm³/mol. The van der Waals surface area contributed by atoms with Gasteiger partial charge in [-0.15, -0.1) is 0 Å². The maximum absolute atomic E-state index is 13.0. The molecule has 0 radical (unpaired) electrons. The predicted octanol–water partition coefficient (Wildman–Crippen LogP) is 2.38. The number of hydrogen-bond donors (Lipinski definition) is 1. The summed E-state index contributed by atoms with van der Waals surface area (Å²) in [5.41, 5.74) is 2.26. The molecular weight excluding hydrogens is 386 g/mol. The van der Waals surface area contributed by atoms with Crippen molar-refractivity contribution in [1.82, 2.24) is 9.88 Å². The van der Waals surface area contributed by atoms with Gasteiger partial charge in [-0.2, -0.15) is 4.98 Å². The van der Waals surface area contributed by atoms with Crippen LogP contribution in [0.5, 0.6) is 11.8 Å². The third-order valence-corrected chi connectivity index (χ3v) is 5.74. The molecule has 0 unspecified atom stereocenters. The highest BCUT2D eigenvalue weighted by Crippen LogP contribution is 2.31. The highest BCUT2D eigenvalue weighted by Gasteiger charge is 2.39. The highest BCUT2D eigenvalue weighted by molar-refractivity contribution is 6.07. The van der Waals surface area contributed by atoms with Crippen molar-refractivity contribution in [2.75, 3.05) is 45.8 Å². The highest BCUT2D eigenvalue weighted by atomic mass is 16.5. The average Bonchev–Trinajstić information content (AvgIpc) is 3.36. The van der Waals surface area contributed by atoms with E-state index in [1.165, 1.54) is 14.2 Å². The van der Waals surface area contributed by atoms with Gasteiger partial charge in [0.05, 0.1) is 27.4 Å². The fraction of sp³-hybridized carbons (Fsp3) is 0.409. The number of benzene rings is 1. The second-order valence-corrected chi connectivity index (χ2v) is 7.66. The fourth-order valence-electron chi connectivity index (χ4n) is 3.98. The van der Waals surface area contributed by atoms with E-state index in [-0.39, 0.29) is 23.3 Å². The van der Waals surface area contributed by atoms with Crippen molar-refractivity contribution in [2.45, 2.75) is 6.92 Å². The molecule has 0 aliphatic carbocycles. The zero-order valence-electron chi connectivity index (χ0n) is 17.3. The first kappa shape index (κ1) is 20.2. The van der Waals surface area contributed by atoms with Crippen molar-refractivity contribution >= 4 is 17.5 Å². The largest absolute Gasteiger partial charge is 0.481 e. The van der Waals surface area contributed by atoms with Crippen LogP contribution in [0.4, 0.5) is 5.69 Å². The van der Waals surface area contributed by atoms with E-state index in [9.17, 15) is 9.59 Å². The minimum Gasteiger partial charge on any atom is -0.481 e. The topological polar surface area (TPSA) is 90.0 Å². The second-order valence-electron chi connectivity index (χ2n) is 7.66. The molecule has 2 aliphatic rings. The van der Waals surface area contributed by atoms with Crippen LogP contribution in [0.2, 0.25) is 0 Å². The van der Waals surface area contributed by atoms with Crippen LogP contribution in [0.1, 0.15) is 26.3 Å². The first-order valence-corrected chi connectivity index (χ1v) is 9.88. The number of anilines is 1. The fourth-order valence-corrected chi connectivity index (χ4v) is 3.98. The number of aryl methyl sites for hydroxylation is 1. The van der Waals surface area contributed by atoms with E-state index in [1.807, 2.05) is 17.9 Å². The molecule has 8 nitrogen and oxygen atoms in total. The van der Waals surface area contributed by atoms with Crippen LogP contribution in [0.15, 0.2) is 30.3 Å². The lowest BCUT2D eigenvalue weighted by molar-refractivity contribution is 0.0751. The number of nitrogens with zero attached hydrogens (tertiary/aromatic N) is 2. The number of nitrogens with one attached hydrogen (secondary N) is 1. The number of pyridine rings is 1. The molecule has 1 aromatic heterocycles. The number of likely N-dealkylation sites (tertiary alicyclic amines) is 1. The van der Waals surface area contributed by atoms with Gasteiger partial charge >= 0.3 is 0 Å². The van der Waals surface area contributed by atoms with Gasteiger partial charge in [-0.05, 0) is 30.7 Å². The number of aromatic nitrogens is 1. The molecule has 2 atom stereocenters. The smallest absolute Gasteiger partial charge is 0.261 e. The van der Waals surface area contributed by atoms with Gasteiger partial charge in [0.1, 0.15) is 5.56 Å². The quantitative estimate of drug-likeness (QED) is 0.813. The molecule has 3 heterocycles. The standard InChI is InChI=1S/C22H25N3O5/c1-13-4-5-14(22(27)25-9-15-11-30-12-16(15)10-25)8-18(13)23-20(26)17-6-7-19(28-2)24-21(17)29-3/h4-8,15-16H,9-12H2,1-3H3,(H,23,26)/t15-,16+. The number of amides is 2. The van der Waals surface area contributed by atoms with Crippen LogP contribution in [0.3, 0.4) is 0 Å². The molecule has 2 aromatic rings. The van der Waals surface area contributed by atoms with Gasteiger partial charge < -0.3 is 24.4 Å². The molecule has 1 N–H and O–H groups in total. The summed E-state index contributed by atoms with van der Waals surface area (Å²) < 4.78 is 15.8. The number of carbonyl (C=O) groups excluding carboxylic acids is 2. The molecular formula is C22H25N3O5. The number of carbonyl (C=O) groups is 2. The van der Waals surface area contributed by atoms with E-state index in [0.717, 1.165) is 18.8 Å². The molecule has 1 aromatic carbocycles. The van der Waals surface area contributed by atoms with Gasteiger partial charge in [0.25, 0.3) is 11.8 Å². The Hall–Kier alpha value is -3.13. The van der Waals surface area contributed by atoms with Gasteiger partial charge in [-0.25, -0.2) is 0 Å². The zero-order valence-corrected chi connectivity index (χ0v) is 17.3. The molecule has 30 heavy (non-hydrogen) atoms. The molecule has 4 rings (SSSR count). The summed E-state index contributed by atoms with van der Waals surface area (Å²) in [6.45, 7) is 4.76. The van der Waals surface area contributed by atoms with Gasteiger partial charge in [-0.1, -0.05) is 6.07 Å². The molecule has 2 saturated heterocycles. The SMILES string of the molecule is COc1ccc(C(=O)Nc2cc(C(=O)N3C[C@H]4COC[C@H]4C3)ccc2C)c(OC)n1. The summed E-state index contributed by atoms with van der Waals surface area (Å²) in [7, 11) is 2.94. The summed E-state index contributed by atoms with van der Waals surface area (Å²) in [6.07, 6.45) is 0. The van der Waals surface area contributed by atoms with Gasteiger partial charge in [0, 0.05) is 42.2 Å². The van der Waals surface area contributed by atoms with E-state index in [2.05, 4.69) is 10.3 Å². The maximum atomic E-state index is 13.0. The van der Waals surface area contributed by atoms with Gasteiger partial charge in [-0.3, -0.25) is 9.59 Å². The first-order chi connectivity index (χ1) is 14.5. The van der Waals surface area contributed by atoms with Crippen molar-refractivity contribution in [3.05, 3.63) is 47.0 Å². The number of fused-ring (bicyclic) bond motifs is 1. The van der Waals surface area contributed by atoms with E-state index in [0.29, 0.717) is 42.1 Å². The Morgan fingerprint density at radius 2 is 1.83 bits per heavy atom. The van der Waals surface area contributed by atoms with Crippen LogP contribution in [0, 0.1) is 18.8 Å². The Balaban J connectivity index is 1.52. The van der Waals surface area contributed by atoms with Crippen LogP contribution < -0.4 is 14.8 Å². The lowest BCUT2D eigenvalue weighted by atomic mass is 10.0. The lowest BCUT2D eigenvalue weighted by Gasteiger charge is -2.18. The monoisotopic (exact) mass is 411 g/mol. The Kier molecular flexibility index (Phi) is 5.59. The summed E-state index contributed by atoms with van der Waals surface area (Å²) >= 11 is 0. The van der Waals surface area contributed by atoms with Crippen LogP contribution in [-0.4, -0.2) is 62.2 Å². The third-order valence-electron chi connectivity index (χ3n) is 5.74. The van der Waals surface area contributed by atoms with Crippen LogP contribution >= 0.6 is 0 Å². The molecule has 8 heteroatoms. The lowest BCUT2D eigenvalue weighted by Crippen LogP contribution is -2.30. The van der Waals surface area contributed by atoms with Gasteiger partial charge in [0.15, 0.2) is 0 Å². The third kappa shape index (κ3) is 3.82. The molecule has 2 amide bonds. The summed E-state index contributed by atoms with van der Waals surface area (Å²) in [4.78, 5) is 31.9. The maximum Gasteiger partial charge on any atom is 0.261 e. The van der Waals surface area contributed by atoms with E-state index in [4.69, 9.17) is 14.2 Å². The van der Waals surface area contributed by atoms with Crippen molar-refractivity contribution < 1.29 is 23.8 Å². The number of hydrogen-bond acceptors (Lipinski definition) is 6. The van der Waals surface area contributed by atoms with Gasteiger partial charge in [0.2, 0.25) is 11.8 Å². The summed E-state index contributed by atoms with van der Waals surface area (Å²) in [5.74, 6) is 0.976. The van der Waals surface area contributed by atoms with E-state index < -0.39 is 0 Å². The first-order valence-electron chi connectivity index (χ1n) is 9.88. The number of ether oxygens (including phenoxy) is 3. The number of methoxy groups -OCH3 is 2. The molecule has 2 aliphatic heterocycles. The van der Waals surface area contributed by atoms with Crippen molar-refractivity contribution in [3.63, 3.8) is 0 Å². The minimum atomic E-state index is -0.373. The molecule has 0 spiro atoms. The Morgan fingerprint density at radius 3 is 2.50 bits per heavy atom. The summed E-state index contributed by atoms with van der Waals surface area (Å²) in [6, 6.07) is 8.55. The number of rotatable bonds is 5. The Labute approximate surface area is 175 Å². The molecule has 0 bridgehead atoms. The van der Waals surface area contributed by atoms with Crippen molar-refractivity contribution in [2.24, 2.45) is 11.8 Å². The van der Waals surface area contributed by atoms with Crippen LogP contribution in [-0.2, 0) is 4.74 Å². The molecule has 2 fully saturated rings. The second kappa shape index (κ2) is 8.31. The average molecular weight is 411 g/mol. The van der Waals surface area contributed by atoms with E-state index in [1.54, 1.807) is 24.3 Å². The molecule has 0 saturated carbocycles. The van der Waals surface area contributed by atoms with Crippen molar-refractivity contribution in [1.29, 1.82) is 0 Å². The molecule has 158 valence electrons. The van der Waals surface area contributed by atoms with Crippen molar-refractivity contribution in [3.8, 4) is 11.8 Å². The Bertz CT molecular complexity index is 965. The zero-order chi connectivity index (χ0) is 21.3. The minimum absolute atomic E-state index is 0.0245.